The summed E-state index contributed by atoms with van der Waals surface area (Å²) in [5.41, 5.74) is 0.802. The number of ether oxygens (including phenoxy) is 1. The van der Waals surface area contributed by atoms with Crippen LogP contribution in [0.15, 0.2) is 29.6 Å². The predicted octanol–water partition coefficient (Wildman–Crippen LogP) is 3.36. The van der Waals surface area contributed by atoms with E-state index in [1.807, 2.05) is 18.4 Å². The van der Waals surface area contributed by atoms with Gasteiger partial charge in [-0.05, 0) is 31.2 Å². The van der Waals surface area contributed by atoms with Crippen LogP contribution in [-0.2, 0) is 4.79 Å². The predicted molar refractivity (Wildman–Crippen MR) is 77.2 cm³/mol. The van der Waals surface area contributed by atoms with Crippen molar-refractivity contribution in [1.82, 2.24) is 4.98 Å². The van der Waals surface area contributed by atoms with E-state index >= 15 is 0 Å². The number of hydrogen-bond acceptors (Lipinski definition) is 5. The molecule has 1 heterocycles. The normalized spacial score (nSPS) is 11.7. The van der Waals surface area contributed by atoms with E-state index in [0.717, 1.165) is 5.69 Å². The van der Waals surface area contributed by atoms with Gasteiger partial charge in [-0.3, -0.25) is 4.79 Å². The number of benzene rings is 1. The Morgan fingerprint density at radius 3 is 2.75 bits per heavy atom. The molecule has 0 saturated carbocycles. The lowest BCUT2D eigenvalue weighted by atomic mass is 10.1. The molecule has 0 amide bonds. The summed E-state index contributed by atoms with van der Waals surface area (Å²) < 4.78 is 5.35. The molecule has 0 bridgehead atoms. The van der Waals surface area contributed by atoms with Crippen LogP contribution in [0, 0.1) is 18.3 Å². The van der Waals surface area contributed by atoms with E-state index in [1.165, 1.54) is 11.3 Å². The smallest absolute Gasteiger partial charge is 0.194 e. The highest BCUT2D eigenvalue weighted by molar-refractivity contribution is 7.09. The maximum Gasteiger partial charge on any atom is 0.194 e. The number of nitrogens with zero attached hydrogens (tertiary/aromatic N) is 2. The quantitative estimate of drug-likeness (QED) is 0.849. The van der Waals surface area contributed by atoms with E-state index < -0.39 is 5.92 Å². The number of Topliss-reactive ketones (excluding diaryl/α,β-unsaturated/α-hetero) is 1. The highest BCUT2D eigenvalue weighted by atomic mass is 35.5. The van der Waals surface area contributed by atoms with Crippen molar-refractivity contribution >= 4 is 28.7 Å². The number of aryl methyl sites for hydroxylation is 1. The van der Waals surface area contributed by atoms with Crippen molar-refractivity contribution in [2.75, 3.05) is 6.61 Å². The van der Waals surface area contributed by atoms with Gasteiger partial charge >= 0.3 is 0 Å². The second-order valence-electron chi connectivity index (χ2n) is 4.10. The van der Waals surface area contributed by atoms with Crippen LogP contribution in [0.25, 0.3) is 0 Å². The summed E-state index contributed by atoms with van der Waals surface area (Å²) in [5, 5.41) is 12.0. The van der Waals surface area contributed by atoms with Crippen molar-refractivity contribution in [3.8, 4) is 11.8 Å². The number of nitriles is 1. The van der Waals surface area contributed by atoms with Gasteiger partial charge in [0.05, 0.1) is 6.07 Å². The van der Waals surface area contributed by atoms with Crippen molar-refractivity contribution in [2.24, 2.45) is 0 Å². The zero-order valence-corrected chi connectivity index (χ0v) is 12.2. The zero-order valence-electron chi connectivity index (χ0n) is 10.7. The van der Waals surface area contributed by atoms with Gasteiger partial charge in [0, 0.05) is 16.1 Å². The van der Waals surface area contributed by atoms with Crippen LogP contribution in [0.4, 0.5) is 0 Å². The largest absolute Gasteiger partial charge is 0.486 e. The minimum atomic E-state index is -0.874. The van der Waals surface area contributed by atoms with Crippen LogP contribution in [-0.4, -0.2) is 17.4 Å². The van der Waals surface area contributed by atoms with Crippen LogP contribution in [0.3, 0.4) is 0 Å². The molecule has 0 radical (unpaired) electrons. The second kappa shape index (κ2) is 6.51. The van der Waals surface area contributed by atoms with E-state index in [0.29, 0.717) is 15.8 Å². The van der Waals surface area contributed by atoms with E-state index in [1.54, 1.807) is 24.3 Å². The van der Waals surface area contributed by atoms with Crippen LogP contribution in [0.2, 0.25) is 5.02 Å². The molecule has 20 heavy (non-hydrogen) atoms. The maximum absolute atomic E-state index is 12.0. The van der Waals surface area contributed by atoms with Gasteiger partial charge in [-0.2, -0.15) is 5.26 Å². The lowest BCUT2D eigenvalue weighted by Crippen LogP contribution is -2.19. The first kappa shape index (κ1) is 14.5. The Bertz CT molecular complexity index is 646. The van der Waals surface area contributed by atoms with Crippen molar-refractivity contribution in [3.05, 3.63) is 45.4 Å². The monoisotopic (exact) mass is 306 g/mol. The zero-order chi connectivity index (χ0) is 14.5. The summed E-state index contributed by atoms with van der Waals surface area (Å²) in [7, 11) is 0. The van der Waals surface area contributed by atoms with Crippen LogP contribution >= 0.6 is 22.9 Å². The first-order valence-corrected chi connectivity index (χ1v) is 7.08. The number of halogens is 1. The highest BCUT2D eigenvalue weighted by Gasteiger charge is 2.23. The molecule has 0 aliphatic carbocycles. The maximum atomic E-state index is 12.0. The first-order chi connectivity index (χ1) is 9.60. The fraction of sp³-hybridized carbons (Fsp3) is 0.214. The molecule has 2 rings (SSSR count). The van der Waals surface area contributed by atoms with Crippen LogP contribution in [0.5, 0.6) is 5.75 Å². The van der Waals surface area contributed by atoms with E-state index in [-0.39, 0.29) is 12.4 Å². The molecule has 1 aromatic heterocycles. The average Bonchev–Trinajstić information content (AvgIpc) is 2.85. The molecule has 6 heteroatoms. The number of thiazole rings is 1. The summed E-state index contributed by atoms with van der Waals surface area (Å²) in [6, 6.07) is 8.66. The van der Waals surface area contributed by atoms with Crippen LogP contribution in [0.1, 0.15) is 16.6 Å². The number of ketones is 1. The molecule has 0 spiro atoms. The number of carbonyl (C=O) groups excluding carboxylic acids is 1. The number of hydrogen-bond donors (Lipinski definition) is 0. The van der Waals surface area contributed by atoms with Crippen molar-refractivity contribution in [3.63, 3.8) is 0 Å². The molecule has 0 unspecified atom stereocenters. The van der Waals surface area contributed by atoms with Crippen molar-refractivity contribution in [1.29, 1.82) is 5.26 Å². The Hall–Kier alpha value is -1.90. The fourth-order valence-corrected chi connectivity index (χ4v) is 2.53. The van der Waals surface area contributed by atoms with Gasteiger partial charge in [0.1, 0.15) is 17.4 Å². The van der Waals surface area contributed by atoms with Crippen molar-refractivity contribution < 1.29 is 9.53 Å². The Balaban J connectivity index is 2.00. The lowest BCUT2D eigenvalue weighted by molar-refractivity contribution is -0.121. The number of rotatable bonds is 5. The lowest BCUT2D eigenvalue weighted by Gasteiger charge is -2.07. The topological polar surface area (TPSA) is 63.0 Å². The van der Waals surface area contributed by atoms with Gasteiger partial charge in [0.2, 0.25) is 0 Å². The molecular weight excluding hydrogens is 296 g/mol. The van der Waals surface area contributed by atoms with Gasteiger partial charge in [-0.25, -0.2) is 4.98 Å². The van der Waals surface area contributed by atoms with Crippen molar-refractivity contribution in [2.45, 2.75) is 12.8 Å². The summed E-state index contributed by atoms with van der Waals surface area (Å²) in [4.78, 5) is 16.2. The Morgan fingerprint density at radius 1 is 1.50 bits per heavy atom. The number of aromatic nitrogens is 1. The highest BCUT2D eigenvalue weighted by Crippen LogP contribution is 2.21. The van der Waals surface area contributed by atoms with E-state index in [4.69, 9.17) is 21.6 Å². The Kier molecular flexibility index (Phi) is 4.72. The third kappa shape index (κ3) is 3.56. The van der Waals surface area contributed by atoms with E-state index in [9.17, 15) is 4.79 Å². The summed E-state index contributed by atoms with van der Waals surface area (Å²) in [6.07, 6.45) is 0. The standard InChI is InChI=1S/C14H11ClN2O2S/c1-9-8-20-14(17-9)12(6-16)13(18)7-19-11-4-2-10(15)3-5-11/h2-5,8,12H,7H2,1H3/t12-/m0/s1. The minimum absolute atomic E-state index is 0.168. The molecule has 2 aromatic rings. The van der Waals surface area contributed by atoms with Gasteiger partial charge < -0.3 is 4.74 Å². The third-order valence-electron chi connectivity index (χ3n) is 2.53. The molecule has 4 nitrogen and oxygen atoms in total. The fourth-order valence-electron chi connectivity index (χ4n) is 1.54. The summed E-state index contributed by atoms with van der Waals surface area (Å²) in [5.74, 6) is -0.646. The SMILES string of the molecule is Cc1csc([C@@H](C#N)C(=O)COc2ccc(Cl)cc2)n1. The molecule has 0 aliphatic rings. The third-order valence-corrected chi connectivity index (χ3v) is 3.81. The molecule has 0 saturated heterocycles. The molecule has 1 aromatic carbocycles. The summed E-state index contributed by atoms with van der Waals surface area (Å²) >= 11 is 7.06. The molecule has 0 N–H and O–H groups in total. The molecule has 102 valence electrons. The van der Waals surface area contributed by atoms with Gasteiger partial charge in [-0.15, -0.1) is 11.3 Å². The number of carbonyl (C=O) groups is 1. The van der Waals surface area contributed by atoms with E-state index in [2.05, 4.69) is 4.98 Å². The van der Waals surface area contributed by atoms with Gasteiger partial charge in [0.25, 0.3) is 0 Å². The van der Waals surface area contributed by atoms with Crippen LogP contribution < -0.4 is 4.74 Å². The van der Waals surface area contributed by atoms with Gasteiger partial charge in [-0.1, -0.05) is 11.6 Å². The summed E-state index contributed by atoms with van der Waals surface area (Å²) in [6.45, 7) is 1.65. The second-order valence-corrected chi connectivity index (χ2v) is 5.42. The van der Waals surface area contributed by atoms with Gasteiger partial charge in [0.15, 0.2) is 11.7 Å². The Morgan fingerprint density at radius 2 is 2.20 bits per heavy atom. The minimum Gasteiger partial charge on any atom is -0.486 e. The first-order valence-electron chi connectivity index (χ1n) is 5.83. The molecule has 0 aliphatic heterocycles. The molecular formula is C14H11ClN2O2S. The molecule has 1 atom stereocenters. The Labute approximate surface area is 125 Å². The molecule has 0 fully saturated rings. The average molecular weight is 307 g/mol.